The summed E-state index contributed by atoms with van der Waals surface area (Å²) in [5.41, 5.74) is 2.14. The first-order valence-electron chi connectivity index (χ1n) is 5.17. The van der Waals surface area contributed by atoms with Crippen LogP contribution in [0.3, 0.4) is 0 Å². The Balaban J connectivity index is 2.21. The van der Waals surface area contributed by atoms with Crippen molar-refractivity contribution in [2.45, 2.75) is 6.92 Å². The SMILES string of the molecule is COC(=O)c1csc(Nc2cc(C)ccc2Cl)n1. The summed E-state index contributed by atoms with van der Waals surface area (Å²) in [7, 11) is 1.33. The molecule has 0 aliphatic carbocycles. The van der Waals surface area contributed by atoms with E-state index in [2.05, 4.69) is 15.0 Å². The van der Waals surface area contributed by atoms with E-state index in [1.165, 1.54) is 18.4 Å². The molecule has 4 nitrogen and oxygen atoms in total. The summed E-state index contributed by atoms with van der Waals surface area (Å²) in [6.45, 7) is 1.98. The standard InChI is InChI=1S/C12H11ClN2O2S/c1-7-3-4-8(13)9(5-7)14-12-15-10(6-18-12)11(16)17-2/h3-6H,1-2H3,(H,14,15). The van der Waals surface area contributed by atoms with Gasteiger partial charge in [-0.3, -0.25) is 0 Å². The second-order valence-electron chi connectivity index (χ2n) is 3.64. The topological polar surface area (TPSA) is 51.2 Å². The molecule has 0 aliphatic rings. The fraction of sp³-hybridized carbons (Fsp3) is 0.167. The number of halogens is 1. The molecule has 6 heteroatoms. The highest BCUT2D eigenvalue weighted by Gasteiger charge is 2.11. The van der Waals surface area contributed by atoms with Crippen LogP contribution in [0, 0.1) is 6.92 Å². The molecule has 1 aromatic carbocycles. The number of ether oxygens (including phenoxy) is 1. The molecule has 94 valence electrons. The Morgan fingerprint density at radius 1 is 1.50 bits per heavy atom. The largest absolute Gasteiger partial charge is 0.464 e. The first kappa shape index (κ1) is 12.9. The molecule has 0 unspecified atom stereocenters. The van der Waals surface area contributed by atoms with Crippen LogP contribution in [0.5, 0.6) is 0 Å². The van der Waals surface area contributed by atoms with Crippen molar-refractivity contribution >= 4 is 39.7 Å². The lowest BCUT2D eigenvalue weighted by atomic mass is 10.2. The van der Waals surface area contributed by atoms with Gasteiger partial charge in [-0.15, -0.1) is 11.3 Å². The second-order valence-corrected chi connectivity index (χ2v) is 4.90. The van der Waals surface area contributed by atoms with E-state index >= 15 is 0 Å². The molecule has 2 aromatic rings. The average Bonchev–Trinajstić information content (AvgIpc) is 2.81. The van der Waals surface area contributed by atoms with E-state index in [1.807, 2.05) is 25.1 Å². The fourth-order valence-corrected chi connectivity index (χ4v) is 2.24. The van der Waals surface area contributed by atoms with Crippen molar-refractivity contribution in [2.75, 3.05) is 12.4 Å². The molecule has 1 aromatic heterocycles. The first-order chi connectivity index (χ1) is 8.60. The number of aromatic nitrogens is 1. The Bertz CT molecular complexity index is 583. The number of hydrogen-bond donors (Lipinski definition) is 1. The van der Waals surface area contributed by atoms with Crippen LogP contribution in [0.4, 0.5) is 10.8 Å². The number of thiazole rings is 1. The monoisotopic (exact) mass is 282 g/mol. The smallest absolute Gasteiger partial charge is 0.357 e. The normalized spacial score (nSPS) is 10.2. The zero-order chi connectivity index (χ0) is 13.1. The van der Waals surface area contributed by atoms with Gasteiger partial charge in [-0.2, -0.15) is 0 Å². The van der Waals surface area contributed by atoms with E-state index in [-0.39, 0.29) is 5.69 Å². The van der Waals surface area contributed by atoms with Gasteiger partial charge in [0.05, 0.1) is 17.8 Å². The quantitative estimate of drug-likeness (QED) is 0.873. The minimum Gasteiger partial charge on any atom is -0.464 e. The van der Waals surface area contributed by atoms with Gasteiger partial charge < -0.3 is 10.1 Å². The van der Waals surface area contributed by atoms with Gasteiger partial charge in [-0.05, 0) is 24.6 Å². The Hall–Kier alpha value is -1.59. The number of nitrogens with one attached hydrogen (secondary N) is 1. The average molecular weight is 283 g/mol. The van der Waals surface area contributed by atoms with E-state index in [9.17, 15) is 4.79 Å². The summed E-state index contributed by atoms with van der Waals surface area (Å²) in [6.07, 6.45) is 0. The number of aryl methyl sites for hydroxylation is 1. The van der Waals surface area contributed by atoms with Gasteiger partial charge in [0.15, 0.2) is 10.8 Å². The maximum atomic E-state index is 11.3. The van der Waals surface area contributed by atoms with Gasteiger partial charge >= 0.3 is 5.97 Å². The van der Waals surface area contributed by atoms with Gasteiger partial charge in [0.1, 0.15) is 0 Å². The summed E-state index contributed by atoms with van der Waals surface area (Å²) >= 11 is 7.39. The zero-order valence-electron chi connectivity index (χ0n) is 9.86. The van der Waals surface area contributed by atoms with Crippen molar-refractivity contribution < 1.29 is 9.53 Å². The minimum atomic E-state index is -0.449. The predicted octanol–water partition coefficient (Wildman–Crippen LogP) is 3.64. The van der Waals surface area contributed by atoms with Gasteiger partial charge in [-0.1, -0.05) is 17.7 Å². The molecule has 0 aliphatic heterocycles. The van der Waals surface area contributed by atoms with Crippen molar-refractivity contribution in [1.29, 1.82) is 0 Å². The fourth-order valence-electron chi connectivity index (χ4n) is 1.38. The van der Waals surface area contributed by atoms with Gasteiger partial charge in [-0.25, -0.2) is 9.78 Å². The van der Waals surface area contributed by atoms with Crippen molar-refractivity contribution in [3.8, 4) is 0 Å². The van der Waals surface area contributed by atoms with Crippen molar-refractivity contribution in [1.82, 2.24) is 4.98 Å². The maximum Gasteiger partial charge on any atom is 0.357 e. The van der Waals surface area contributed by atoms with E-state index in [0.717, 1.165) is 11.3 Å². The zero-order valence-corrected chi connectivity index (χ0v) is 11.4. The lowest BCUT2D eigenvalue weighted by Gasteiger charge is -2.05. The van der Waals surface area contributed by atoms with Crippen LogP contribution in [-0.4, -0.2) is 18.1 Å². The van der Waals surface area contributed by atoms with Crippen molar-refractivity contribution in [3.05, 3.63) is 39.9 Å². The molecule has 0 fully saturated rings. The third kappa shape index (κ3) is 2.80. The molecule has 1 N–H and O–H groups in total. The van der Waals surface area contributed by atoms with Crippen molar-refractivity contribution in [3.63, 3.8) is 0 Å². The van der Waals surface area contributed by atoms with Gasteiger partial charge in [0.25, 0.3) is 0 Å². The number of carbonyl (C=O) groups is 1. The number of rotatable bonds is 3. The van der Waals surface area contributed by atoms with Crippen LogP contribution in [0.1, 0.15) is 16.1 Å². The molecule has 2 rings (SSSR count). The highest BCUT2D eigenvalue weighted by molar-refractivity contribution is 7.14. The molecule has 0 amide bonds. The summed E-state index contributed by atoms with van der Waals surface area (Å²) in [5, 5.41) is 5.92. The molecule has 0 atom stereocenters. The van der Waals surface area contributed by atoms with Gasteiger partial charge in [0.2, 0.25) is 0 Å². The first-order valence-corrected chi connectivity index (χ1v) is 6.43. The van der Waals surface area contributed by atoms with Crippen LogP contribution < -0.4 is 5.32 Å². The Kier molecular flexibility index (Phi) is 3.84. The van der Waals surface area contributed by atoms with Crippen LogP contribution >= 0.6 is 22.9 Å². The lowest BCUT2D eigenvalue weighted by Crippen LogP contribution is -2.01. The van der Waals surface area contributed by atoms with Crippen LogP contribution in [-0.2, 0) is 4.74 Å². The molecule has 18 heavy (non-hydrogen) atoms. The number of hydrogen-bond acceptors (Lipinski definition) is 5. The molecule has 1 heterocycles. The van der Waals surface area contributed by atoms with Crippen LogP contribution in [0.25, 0.3) is 0 Å². The number of methoxy groups -OCH3 is 1. The van der Waals surface area contributed by atoms with Crippen LogP contribution in [0.2, 0.25) is 5.02 Å². The highest BCUT2D eigenvalue weighted by atomic mass is 35.5. The Labute approximate surface area is 114 Å². The molecule has 0 radical (unpaired) electrons. The number of benzene rings is 1. The number of nitrogens with zero attached hydrogens (tertiary/aromatic N) is 1. The third-order valence-electron chi connectivity index (χ3n) is 2.26. The Morgan fingerprint density at radius 3 is 3.00 bits per heavy atom. The van der Waals surface area contributed by atoms with E-state index in [4.69, 9.17) is 11.6 Å². The predicted molar refractivity (Wildman–Crippen MR) is 72.9 cm³/mol. The summed E-state index contributed by atoms with van der Waals surface area (Å²) < 4.78 is 4.59. The van der Waals surface area contributed by atoms with Crippen molar-refractivity contribution in [2.24, 2.45) is 0 Å². The summed E-state index contributed by atoms with van der Waals surface area (Å²) in [4.78, 5) is 15.4. The maximum absolute atomic E-state index is 11.3. The van der Waals surface area contributed by atoms with Gasteiger partial charge in [0, 0.05) is 5.38 Å². The molecule has 0 bridgehead atoms. The molecular weight excluding hydrogens is 272 g/mol. The van der Waals surface area contributed by atoms with Crippen LogP contribution in [0.15, 0.2) is 23.6 Å². The number of anilines is 2. The van der Waals surface area contributed by atoms with E-state index < -0.39 is 5.97 Å². The summed E-state index contributed by atoms with van der Waals surface area (Å²) in [5.74, 6) is -0.449. The number of carbonyl (C=O) groups excluding carboxylic acids is 1. The van der Waals surface area contributed by atoms with E-state index in [0.29, 0.717) is 10.2 Å². The highest BCUT2D eigenvalue weighted by Crippen LogP contribution is 2.28. The lowest BCUT2D eigenvalue weighted by molar-refractivity contribution is 0.0595. The molecular formula is C12H11ClN2O2S. The third-order valence-corrected chi connectivity index (χ3v) is 3.35. The number of esters is 1. The minimum absolute atomic E-state index is 0.286. The molecule has 0 saturated heterocycles. The molecule has 0 spiro atoms. The van der Waals surface area contributed by atoms with E-state index in [1.54, 1.807) is 5.38 Å². The summed E-state index contributed by atoms with van der Waals surface area (Å²) in [6, 6.07) is 5.66. The second kappa shape index (κ2) is 5.37. The molecule has 0 saturated carbocycles. The Morgan fingerprint density at radius 2 is 2.28 bits per heavy atom.